The lowest BCUT2D eigenvalue weighted by atomic mass is 9.50. The Hall–Kier alpha value is 0. The first-order valence-corrected chi connectivity index (χ1v) is 10.6. The summed E-state index contributed by atoms with van der Waals surface area (Å²) in [5, 5.41) is 0. The van der Waals surface area contributed by atoms with Crippen LogP contribution in [0.3, 0.4) is 0 Å². The van der Waals surface area contributed by atoms with E-state index in [0.717, 1.165) is 11.8 Å². The molecule has 0 aromatic carbocycles. The minimum absolute atomic E-state index is 0.462. The normalized spacial score (nSPS) is 20.6. The van der Waals surface area contributed by atoms with Gasteiger partial charge in [-0.1, -0.05) is 108 Å². The van der Waals surface area contributed by atoms with Gasteiger partial charge in [-0.05, 0) is 40.9 Å². The van der Waals surface area contributed by atoms with Crippen molar-refractivity contribution in [3.05, 3.63) is 0 Å². The van der Waals surface area contributed by atoms with Gasteiger partial charge in [-0.2, -0.15) is 0 Å². The Bertz CT molecular complexity index is 314. The highest BCUT2D eigenvalue weighted by molar-refractivity contribution is 4.98. The van der Waals surface area contributed by atoms with Gasteiger partial charge in [-0.15, -0.1) is 0 Å². The molecule has 0 heteroatoms. The molecule has 0 aromatic heterocycles. The van der Waals surface area contributed by atoms with Gasteiger partial charge in [-0.25, -0.2) is 0 Å². The van der Waals surface area contributed by atoms with Crippen molar-refractivity contribution < 1.29 is 0 Å². The molecule has 0 bridgehead atoms. The van der Waals surface area contributed by atoms with E-state index in [4.69, 9.17) is 0 Å². The molecule has 0 rings (SSSR count). The number of hydrogen-bond acceptors (Lipinski definition) is 0. The van der Waals surface area contributed by atoms with Crippen LogP contribution >= 0.6 is 0 Å². The highest BCUT2D eigenvalue weighted by Gasteiger charge is 2.49. The third kappa shape index (κ3) is 4.99. The Morgan fingerprint density at radius 2 is 0.913 bits per heavy atom. The summed E-state index contributed by atoms with van der Waals surface area (Å²) in [5.41, 5.74) is 1.41. The van der Waals surface area contributed by atoms with E-state index in [0.29, 0.717) is 16.2 Å². The van der Waals surface area contributed by atoms with E-state index in [1.165, 1.54) is 51.4 Å². The summed E-state index contributed by atoms with van der Waals surface area (Å²) in [7, 11) is 0. The van der Waals surface area contributed by atoms with E-state index in [1.54, 1.807) is 0 Å². The maximum atomic E-state index is 2.60. The van der Waals surface area contributed by atoms with Gasteiger partial charge >= 0.3 is 0 Å². The van der Waals surface area contributed by atoms with Crippen molar-refractivity contribution >= 4 is 0 Å². The van der Waals surface area contributed by atoms with Crippen LogP contribution in [-0.2, 0) is 0 Å². The fraction of sp³-hybridized carbons (Fsp3) is 1.00. The Morgan fingerprint density at radius 3 is 1.22 bits per heavy atom. The van der Waals surface area contributed by atoms with Crippen molar-refractivity contribution in [3.63, 3.8) is 0 Å². The molecule has 0 aliphatic heterocycles. The summed E-state index contributed by atoms with van der Waals surface area (Å²) >= 11 is 0. The highest BCUT2D eigenvalue weighted by atomic mass is 14.5. The van der Waals surface area contributed by atoms with Crippen LogP contribution in [0.5, 0.6) is 0 Å². The number of rotatable bonds is 12. The molecule has 0 aliphatic rings. The molecule has 0 saturated heterocycles. The Balaban J connectivity index is 6.04. The fourth-order valence-electron chi connectivity index (χ4n) is 5.56. The van der Waals surface area contributed by atoms with Crippen LogP contribution in [0.4, 0.5) is 0 Å². The van der Waals surface area contributed by atoms with Gasteiger partial charge in [0.1, 0.15) is 0 Å². The molecule has 0 radical (unpaired) electrons. The molecule has 140 valence electrons. The average Bonchev–Trinajstić information content (AvgIpc) is 2.54. The maximum absolute atomic E-state index is 2.60. The Kier molecular flexibility index (Phi) is 9.47. The second-order valence-corrected chi connectivity index (χ2v) is 9.14. The molecule has 0 aliphatic carbocycles. The first kappa shape index (κ1) is 23.0. The lowest BCUT2D eigenvalue weighted by Gasteiger charge is -2.55. The largest absolute Gasteiger partial charge is 0.0654 e. The quantitative estimate of drug-likeness (QED) is 0.337. The Labute approximate surface area is 149 Å². The first-order valence-electron chi connectivity index (χ1n) is 10.6. The van der Waals surface area contributed by atoms with Gasteiger partial charge in [0.2, 0.25) is 0 Å². The predicted octanol–water partition coefficient (Wildman–Crippen LogP) is 8.50. The van der Waals surface area contributed by atoms with E-state index in [2.05, 4.69) is 69.2 Å². The van der Waals surface area contributed by atoms with E-state index in [-0.39, 0.29) is 0 Å². The Morgan fingerprint density at radius 1 is 0.565 bits per heavy atom. The molecule has 0 amide bonds. The van der Waals surface area contributed by atoms with Gasteiger partial charge in [0, 0.05) is 0 Å². The molecule has 23 heavy (non-hydrogen) atoms. The molecule has 0 nitrogen and oxygen atoms in total. The lowest BCUT2D eigenvalue weighted by Crippen LogP contribution is -2.47. The molecular formula is C23H48. The molecular weight excluding hydrogens is 276 g/mol. The molecule has 0 spiro atoms. The average molecular weight is 325 g/mol. The molecule has 0 saturated carbocycles. The topological polar surface area (TPSA) is 0 Å². The minimum atomic E-state index is 0.462. The lowest BCUT2D eigenvalue weighted by molar-refractivity contribution is -0.0609. The van der Waals surface area contributed by atoms with Crippen molar-refractivity contribution in [2.75, 3.05) is 0 Å². The van der Waals surface area contributed by atoms with E-state index >= 15 is 0 Å². The van der Waals surface area contributed by atoms with Gasteiger partial charge in [0.05, 0.1) is 0 Å². The third-order valence-corrected chi connectivity index (χ3v) is 7.97. The van der Waals surface area contributed by atoms with E-state index in [9.17, 15) is 0 Å². The van der Waals surface area contributed by atoms with Gasteiger partial charge in [-0.3, -0.25) is 0 Å². The highest BCUT2D eigenvalue weighted by Crippen LogP contribution is 2.57. The summed E-state index contributed by atoms with van der Waals surface area (Å²) in [6, 6.07) is 0. The van der Waals surface area contributed by atoms with Gasteiger partial charge in [0.25, 0.3) is 0 Å². The van der Waals surface area contributed by atoms with Gasteiger partial charge < -0.3 is 0 Å². The van der Waals surface area contributed by atoms with Crippen LogP contribution < -0.4 is 0 Å². The van der Waals surface area contributed by atoms with Crippen LogP contribution in [0, 0.1) is 28.1 Å². The van der Waals surface area contributed by atoms with Crippen LogP contribution in [-0.4, -0.2) is 0 Å². The third-order valence-electron chi connectivity index (χ3n) is 7.97. The molecule has 0 fully saturated rings. The summed E-state index contributed by atoms with van der Waals surface area (Å²) in [6.45, 7) is 24.8. The van der Waals surface area contributed by atoms with Crippen molar-refractivity contribution in [1.29, 1.82) is 0 Å². The molecule has 0 N–H and O–H groups in total. The van der Waals surface area contributed by atoms with Gasteiger partial charge in [0.15, 0.2) is 0 Å². The van der Waals surface area contributed by atoms with E-state index < -0.39 is 0 Å². The summed E-state index contributed by atoms with van der Waals surface area (Å²) in [6.07, 6.45) is 10.6. The van der Waals surface area contributed by atoms with Crippen molar-refractivity contribution in [2.45, 2.75) is 121 Å². The van der Waals surface area contributed by atoms with Crippen LogP contribution in [0.2, 0.25) is 0 Å². The van der Waals surface area contributed by atoms with Crippen LogP contribution in [0.15, 0.2) is 0 Å². The van der Waals surface area contributed by atoms with Crippen molar-refractivity contribution in [1.82, 2.24) is 0 Å². The van der Waals surface area contributed by atoms with E-state index in [1.807, 2.05) is 0 Å². The summed E-state index contributed by atoms with van der Waals surface area (Å²) in [4.78, 5) is 0. The summed E-state index contributed by atoms with van der Waals surface area (Å²) in [5.74, 6) is 1.60. The molecule has 0 heterocycles. The van der Waals surface area contributed by atoms with Crippen molar-refractivity contribution in [3.8, 4) is 0 Å². The zero-order valence-corrected chi connectivity index (χ0v) is 18.3. The number of hydrogen-bond donors (Lipinski definition) is 0. The molecule has 0 aromatic rings. The van der Waals surface area contributed by atoms with Crippen LogP contribution in [0.25, 0.3) is 0 Å². The summed E-state index contributed by atoms with van der Waals surface area (Å²) < 4.78 is 0. The zero-order valence-electron chi connectivity index (χ0n) is 18.3. The molecule has 4 unspecified atom stereocenters. The standard InChI is InChI=1S/C23H48/c1-11-17-22(9,15-5)19(7)20(21(8,13-3)14-4)23(10,16-6)18-12-2/h19-20H,11-18H2,1-10H3. The smallest absolute Gasteiger partial charge is 0.0275 e. The SMILES string of the molecule is CCCC(C)(CC)C(C)C(C(C)(CC)CC)C(C)(CC)CCC. The van der Waals surface area contributed by atoms with Crippen LogP contribution in [0.1, 0.15) is 121 Å². The first-order chi connectivity index (χ1) is 10.6. The maximum Gasteiger partial charge on any atom is -0.0275 e. The molecule has 4 atom stereocenters. The second-order valence-electron chi connectivity index (χ2n) is 9.14. The minimum Gasteiger partial charge on any atom is -0.0654 e. The fourth-order valence-corrected chi connectivity index (χ4v) is 5.56. The second kappa shape index (κ2) is 9.47. The van der Waals surface area contributed by atoms with Crippen molar-refractivity contribution in [2.24, 2.45) is 28.1 Å². The predicted molar refractivity (Wildman–Crippen MR) is 108 cm³/mol. The zero-order chi connectivity index (χ0) is 18.3. The monoisotopic (exact) mass is 324 g/mol.